The molecule has 2 N–H and O–H groups in total. The molecule has 1 aromatic heterocycles. The molecule has 1 atom stereocenters. The normalized spacial score (nSPS) is 12.8. The van der Waals surface area contributed by atoms with Crippen LogP contribution >= 0.6 is 22.6 Å². The van der Waals surface area contributed by atoms with Gasteiger partial charge >= 0.3 is 0 Å². The van der Waals surface area contributed by atoms with Crippen LogP contribution in [0.3, 0.4) is 0 Å². The van der Waals surface area contributed by atoms with Crippen molar-refractivity contribution in [3.05, 3.63) is 63.1 Å². The quantitative estimate of drug-likeness (QED) is 0.690. The van der Waals surface area contributed by atoms with E-state index in [0.717, 1.165) is 25.7 Å². The standard InChI is InChI=1S/C16H15FIN3/c1-21-16-5-3-2-4-12(16)15(20-21)9-14(19)11-7-6-10(17)8-13(11)18/h2-8,14H,9,19H2,1H3. The number of halogens is 2. The number of aryl methyl sites for hydroxylation is 1. The molecule has 0 aliphatic carbocycles. The average Bonchev–Trinajstić information content (AvgIpc) is 2.76. The molecule has 0 amide bonds. The van der Waals surface area contributed by atoms with E-state index in [4.69, 9.17) is 5.73 Å². The first kappa shape index (κ1) is 14.5. The summed E-state index contributed by atoms with van der Waals surface area (Å²) in [5.74, 6) is -0.237. The fraction of sp³-hybridized carbons (Fsp3) is 0.188. The van der Waals surface area contributed by atoms with Gasteiger partial charge in [0, 0.05) is 28.5 Å². The molecule has 3 aromatic rings. The number of hydrogen-bond donors (Lipinski definition) is 1. The lowest BCUT2D eigenvalue weighted by Gasteiger charge is -2.13. The van der Waals surface area contributed by atoms with E-state index in [2.05, 4.69) is 33.8 Å². The van der Waals surface area contributed by atoms with Crippen LogP contribution in [0.5, 0.6) is 0 Å². The molecule has 21 heavy (non-hydrogen) atoms. The van der Waals surface area contributed by atoms with Gasteiger partial charge in [-0.15, -0.1) is 0 Å². The van der Waals surface area contributed by atoms with E-state index < -0.39 is 0 Å². The van der Waals surface area contributed by atoms with Crippen molar-refractivity contribution in [2.75, 3.05) is 0 Å². The third-order valence-corrected chi connectivity index (χ3v) is 4.54. The maximum atomic E-state index is 13.2. The molecule has 0 fully saturated rings. The van der Waals surface area contributed by atoms with E-state index >= 15 is 0 Å². The van der Waals surface area contributed by atoms with Crippen LogP contribution in [0.25, 0.3) is 10.9 Å². The number of hydrogen-bond acceptors (Lipinski definition) is 2. The Balaban J connectivity index is 1.94. The van der Waals surface area contributed by atoms with Crippen LogP contribution in [0.4, 0.5) is 4.39 Å². The minimum atomic E-state index is -0.237. The molecule has 0 saturated heterocycles. The summed E-state index contributed by atoms with van der Waals surface area (Å²) in [5.41, 5.74) is 9.32. The van der Waals surface area contributed by atoms with Crippen LogP contribution in [0.2, 0.25) is 0 Å². The van der Waals surface area contributed by atoms with Crippen LogP contribution in [-0.2, 0) is 13.5 Å². The SMILES string of the molecule is Cn1nc(CC(N)c2ccc(F)cc2I)c2ccccc21. The van der Waals surface area contributed by atoms with Crippen molar-refractivity contribution in [2.24, 2.45) is 12.8 Å². The number of nitrogens with two attached hydrogens (primary N) is 1. The first-order valence-corrected chi connectivity index (χ1v) is 7.75. The van der Waals surface area contributed by atoms with Crippen molar-refractivity contribution in [3.63, 3.8) is 0 Å². The Bertz CT molecular complexity index is 797. The molecule has 0 saturated carbocycles. The summed E-state index contributed by atoms with van der Waals surface area (Å²) >= 11 is 2.12. The second-order valence-electron chi connectivity index (χ2n) is 5.06. The summed E-state index contributed by atoms with van der Waals surface area (Å²) in [6.07, 6.45) is 0.628. The summed E-state index contributed by atoms with van der Waals surface area (Å²) < 4.78 is 15.9. The van der Waals surface area contributed by atoms with Crippen molar-refractivity contribution in [3.8, 4) is 0 Å². The van der Waals surface area contributed by atoms with E-state index in [0.29, 0.717) is 6.42 Å². The molecule has 5 heteroatoms. The Morgan fingerprint density at radius 2 is 2.05 bits per heavy atom. The number of para-hydroxylation sites is 1. The largest absolute Gasteiger partial charge is 0.324 e. The van der Waals surface area contributed by atoms with Crippen molar-refractivity contribution >= 4 is 33.5 Å². The third kappa shape index (κ3) is 2.80. The summed E-state index contributed by atoms with van der Waals surface area (Å²) in [6.45, 7) is 0. The molecule has 0 bridgehead atoms. The molecular weight excluding hydrogens is 380 g/mol. The van der Waals surface area contributed by atoms with Crippen LogP contribution in [0, 0.1) is 9.39 Å². The Hall–Kier alpha value is -1.47. The predicted octanol–water partition coefficient (Wildman–Crippen LogP) is 3.56. The number of rotatable bonds is 3. The second kappa shape index (κ2) is 5.73. The lowest BCUT2D eigenvalue weighted by molar-refractivity contribution is 0.621. The van der Waals surface area contributed by atoms with Gasteiger partial charge in [0.15, 0.2) is 0 Å². The second-order valence-corrected chi connectivity index (χ2v) is 6.23. The zero-order valence-electron chi connectivity index (χ0n) is 11.6. The molecule has 2 aromatic carbocycles. The van der Waals surface area contributed by atoms with Crippen molar-refractivity contribution < 1.29 is 4.39 Å². The van der Waals surface area contributed by atoms with E-state index in [-0.39, 0.29) is 11.9 Å². The van der Waals surface area contributed by atoms with Crippen molar-refractivity contribution in [1.82, 2.24) is 9.78 Å². The van der Waals surface area contributed by atoms with Crippen LogP contribution < -0.4 is 5.73 Å². The zero-order valence-corrected chi connectivity index (χ0v) is 13.7. The smallest absolute Gasteiger partial charge is 0.124 e. The van der Waals surface area contributed by atoms with E-state index in [1.165, 1.54) is 12.1 Å². The maximum Gasteiger partial charge on any atom is 0.124 e. The van der Waals surface area contributed by atoms with E-state index in [9.17, 15) is 4.39 Å². The Morgan fingerprint density at radius 1 is 1.29 bits per heavy atom. The molecule has 0 aliphatic heterocycles. The molecule has 1 unspecified atom stereocenters. The number of benzene rings is 2. The van der Waals surface area contributed by atoms with Gasteiger partial charge in [-0.3, -0.25) is 4.68 Å². The summed E-state index contributed by atoms with van der Waals surface area (Å²) in [7, 11) is 1.93. The Morgan fingerprint density at radius 3 is 2.81 bits per heavy atom. The predicted molar refractivity (Wildman–Crippen MR) is 90.5 cm³/mol. The lowest BCUT2D eigenvalue weighted by Crippen LogP contribution is -2.15. The van der Waals surface area contributed by atoms with Crippen LogP contribution in [-0.4, -0.2) is 9.78 Å². The molecule has 0 radical (unpaired) electrons. The first-order valence-electron chi connectivity index (χ1n) is 6.67. The number of fused-ring (bicyclic) bond motifs is 1. The summed E-state index contributed by atoms with van der Waals surface area (Å²) in [6, 6.07) is 12.6. The highest BCUT2D eigenvalue weighted by molar-refractivity contribution is 14.1. The third-order valence-electron chi connectivity index (χ3n) is 3.61. The average molecular weight is 395 g/mol. The van der Waals surface area contributed by atoms with Gasteiger partial charge in [-0.05, 0) is 46.4 Å². The highest BCUT2D eigenvalue weighted by atomic mass is 127. The van der Waals surface area contributed by atoms with Gasteiger partial charge in [0.2, 0.25) is 0 Å². The van der Waals surface area contributed by atoms with Gasteiger partial charge in [0.05, 0.1) is 11.2 Å². The number of nitrogens with zero attached hydrogens (tertiary/aromatic N) is 2. The minimum absolute atomic E-state index is 0.198. The van der Waals surface area contributed by atoms with Crippen LogP contribution in [0.1, 0.15) is 17.3 Å². The highest BCUT2D eigenvalue weighted by Crippen LogP contribution is 2.25. The fourth-order valence-corrected chi connectivity index (χ4v) is 3.44. The van der Waals surface area contributed by atoms with Gasteiger partial charge < -0.3 is 5.73 Å². The molecule has 1 heterocycles. The minimum Gasteiger partial charge on any atom is -0.324 e. The molecule has 0 spiro atoms. The van der Waals surface area contributed by atoms with Crippen LogP contribution in [0.15, 0.2) is 42.5 Å². The molecule has 3 rings (SSSR count). The molecule has 0 aliphatic rings. The van der Waals surface area contributed by atoms with E-state index in [1.807, 2.05) is 29.9 Å². The first-order chi connectivity index (χ1) is 10.1. The van der Waals surface area contributed by atoms with Gasteiger partial charge in [-0.25, -0.2) is 4.39 Å². The topological polar surface area (TPSA) is 43.8 Å². The fourth-order valence-electron chi connectivity index (χ4n) is 2.56. The summed E-state index contributed by atoms with van der Waals surface area (Å²) in [5, 5.41) is 5.68. The Labute approximate surface area is 136 Å². The molecule has 3 nitrogen and oxygen atoms in total. The molecular formula is C16H15FIN3. The zero-order chi connectivity index (χ0) is 15.0. The Kier molecular flexibility index (Phi) is 3.95. The van der Waals surface area contributed by atoms with Gasteiger partial charge in [0.1, 0.15) is 5.82 Å². The highest BCUT2D eigenvalue weighted by Gasteiger charge is 2.15. The monoisotopic (exact) mass is 395 g/mol. The lowest BCUT2D eigenvalue weighted by atomic mass is 10.0. The van der Waals surface area contributed by atoms with E-state index in [1.54, 1.807) is 6.07 Å². The van der Waals surface area contributed by atoms with Crippen molar-refractivity contribution in [2.45, 2.75) is 12.5 Å². The van der Waals surface area contributed by atoms with Gasteiger partial charge in [0.25, 0.3) is 0 Å². The van der Waals surface area contributed by atoms with Crippen molar-refractivity contribution in [1.29, 1.82) is 0 Å². The number of aromatic nitrogens is 2. The van der Waals surface area contributed by atoms with Gasteiger partial charge in [-0.1, -0.05) is 24.3 Å². The summed E-state index contributed by atoms with van der Waals surface area (Å²) in [4.78, 5) is 0. The van der Waals surface area contributed by atoms with Gasteiger partial charge in [-0.2, -0.15) is 5.10 Å². The maximum absolute atomic E-state index is 13.2. The molecule has 108 valence electrons.